The topological polar surface area (TPSA) is 43.0 Å². The second-order valence-electron chi connectivity index (χ2n) is 8.93. The van der Waals surface area contributed by atoms with Gasteiger partial charge in [-0.2, -0.15) is 0 Å². The Morgan fingerprint density at radius 2 is 1.74 bits per heavy atom. The predicted octanol–water partition coefficient (Wildman–Crippen LogP) is 10.1. The highest BCUT2D eigenvalue weighted by Crippen LogP contribution is 2.34. The van der Waals surface area contributed by atoms with Crippen LogP contribution in [0.2, 0.25) is 5.02 Å². The van der Waals surface area contributed by atoms with Crippen molar-refractivity contribution in [3.8, 4) is 5.69 Å². The maximum absolute atomic E-state index is 6.36. The van der Waals surface area contributed by atoms with E-state index in [1.54, 1.807) is 5.57 Å². The zero-order valence-electron chi connectivity index (χ0n) is 22.2. The van der Waals surface area contributed by atoms with Crippen LogP contribution in [0.5, 0.6) is 0 Å². The Labute approximate surface area is 231 Å². The van der Waals surface area contributed by atoms with Gasteiger partial charge in [-0.05, 0) is 68.2 Å². The van der Waals surface area contributed by atoms with Crippen molar-refractivity contribution in [2.24, 2.45) is 0 Å². The molecule has 4 aromatic rings. The lowest BCUT2D eigenvalue weighted by Gasteiger charge is -2.12. The van der Waals surface area contributed by atoms with Crippen molar-refractivity contribution in [3.05, 3.63) is 126 Å². The molecule has 0 radical (unpaired) electrons. The third-order valence-electron chi connectivity index (χ3n) is 6.47. The standard InChI is InChI=1S/C32H30ClN3.C2H6/c33-25-17-19-28-27-15-9-10-16-31(27)36(32(28)22-25)26-18-20-29(34)30(23-26)35-21-11-4-2-1-3-6-12-24-13-7-5-8-14-24;1-2/h1-5,7,9-11,13,15-23,35H,6,8,12,14,34H2;1-2H3/b3-1-,4-2-,21-11+;. The van der Waals surface area contributed by atoms with Crippen molar-refractivity contribution in [1.29, 1.82) is 0 Å². The van der Waals surface area contributed by atoms with Gasteiger partial charge in [0.15, 0.2) is 0 Å². The highest BCUT2D eigenvalue weighted by molar-refractivity contribution is 6.31. The molecule has 0 bridgehead atoms. The summed E-state index contributed by atoms with van der Waals surface area (Å²) in [5.41, 5.74) is 12.6. The maximum atomic E-state index is 6.36. The quantitative estimate of drug-likeness (QED) is 0.179. The molecule has 0 aliphatic heterocycles. The Morgan fingerprint density at radius 1 is 0.921 bits per heavy atom. The van der Waals surface area contributed by atoms with Crippen molar-refractivity contribution >= 4 is 44.8 Å². The maximum Gasteiger partial charge on any atom is 0.0634 e. The van der Waals surface area contributed by atoms with Gasteiger partial charge >= 0.3 is 0 Å². The molecular weight excluding hydrogens is 486 g/mol. The Hall–Kier alpha value is -3.95. The van der Waals surface area contributed by atoms with E-state index in [0.29, 0.717) is 10.7 Å². The number of halogens is 1. The first-order chi connectivity index (χ1) is 18.7. The number of benzene rings is 3. The molecule has 0 atom stereocenters. The number of fused-ring (bicyclic) bond motifs is 3. The van der Waals surface area contributed by atoms with E-state index in [4.69, 9.17) is 17.3 Å². The summed E-state index contributed by atoms with van der Waals surface area (Å²) in [4.78, 5) is 0. The molecule has 0 saturated heterocycles. The van der Waals surface area contributed by atoms with E-state index in [-0.39, 0.29) is 0 Å². The van der Waals surface area contributed by atoms with Crippen LogP contribution in [-0.4, -0.2) is 4.57 Å². The second kappa shape index (κ2) is 13.6. The summed E-state index contributed by atoms with van der Waals surface area (Å²) in [5.74, 6) is 0. The molecule has 3 nitrogen and oxygen atoms in total. The Balaban J connectivity index is 0.00000164. The van der Waals surface area contributed by atoms with Crippen LogP contribution in [0.4, 0.5) is 11.4 Å². The van der Waals surface area contributed by atoms with Gasteiger partial charge in [0.2, 0.25) is 0 Å². The van der Waals surface area contributed by atoms with E-state index in [9.17, 15) is 0 Å². The first-order valence-electron chi connectivity index (χ1n) is 13.4. The van der Waals surface area contributed by atoms with Gasteiger partial charge in [-0.15, -0.1) is 0 Å². The minimum Gasteiger partial charge on any atom is -0.397 e. The SMILES string of the molecule is CC.Nc1ccc(-n2c3ccccc3c3ccc(Cl)cc32)cc1N/C=C/C=C\C=C/CCC1=CC=CCC1. The molecule has 3 aromatic carbocycles. The van der Waals surface area contributed by atoms with E-state index < -0.39 is 0 Å². The van der Waals surface area contributed by atoms with Crippen LogP contribution in [0.3, 0.4) is 0 Å². The Kier molecular flexibility index (Phi) is 9.66. The number of nitrogens with two attached hydrogens (primary N) is 1. The van der Waals surface area contributed by atoms with Crippen LogP contribution in [0.1, 0.15) is 39.5 Å². The lowest BCUT2D eigenvalue weighted by atomic mass is 10.0. The van der Waals surface area contributed by atoms with Gasteiger partial charge < -0.3 is 15.6 Å². The van der Waals surface area contributed by atoms with E-state index in [0.717, 1.165) is 35.2 Å². The molecule has 1 heterocycles. The molecule has 4 heteroatoms. The van der Waals surface area contributed by atoms with E-state index in [1.165, 1.54) is 23.6 Å². The molecule has 194 valence electrons. The zero-order chi connectivity index (χ0) is 26.7. The van der Waals surface area contributed by atoms with Crippen LogP contribution >= 0.6 is 11.6 Å². The number of aromatic nitrogens is 1. The molecule has 0 unspecified atom stereocenters. The van der Waals surface area contributed by atoms with Crippen molar-refractivity contribution in [1.82, 2.24) is 4.57 Å². The molecule has 38 heavy (non-hydrogen) atoms. The van der Waals surface area contributed by atoms with Gasteiger partial charge in [0.1, 0.15) is 0 Å². The third-order valence-corrected chi connectivity index (χ3v) is 6.70. The fourth-order valence-electron chi connectivity index (χ4n) is 4.66. The van der Waals surface area contributed by atoms with Crippen LogP contribution in [0.15, 0.2) is 121 Å². The number of rotatable bonds is 8. The molecule has 1 aromatic heterocycles. The Morgan fingerprint density at radius 3 is 2.58 bits per heavy atom. The largest absolute Gasteiger partial charge is 0.397 e. The van der Waals surface area contributed by atoms with Crippen molar-refractivity contribution in [2.75, 3.05) is 11.1 Å². The summed E-state index contributed by atoms with van der Waals surface area (Å²) in [5, 5.41) is 6.42. The number of hydrogen-bond donors (Lipinski definition) is 2. The summed E-state index contributed by atoms with van der Waals surface area (Å²) in [6.07, 6.45) is 23.5. The minimum absolute atomic E-state index is 0.693. The number of anilines is 2. The Bertz CT molecular complexity index is 1530. The van der Waals surface area contributed by atoms with Gasteiger partial charge in [-0.25, -0.2) is 0 Å². The lowest BCUT2D eigenvalue weighted by molar-refractivity contribution is 0.854. The number of para-hydroxylation sites is 1. The van der Waals surface area contributed by atoms with E-state index in [1.807, 2.05) is 56.5 Å². The van der Waals surface area contributed by atoms with Gasteiger partial charge in [0.25, 0.3) is 0 Å². The molecule has 0 spiro atoms. The van der Waals surface area contributed by atoms with Gasteiger partial charge in [0, 0.05) is 27.7 Å². The summed E-state index contributed by atoms with van der Waals surface area (Å²) >= 11 is 6.36. The van der Waals surface area contributed by atoms with Crippen LogP contribution < -0.4 is 11.1 Å². The average molecular weight is 522 g/mol. The molecule has 1 aliphatic carbocycles. The lowest BCUT2D eigenvalue weighted by Crippen LogP contribution is -1.99. The summed E-state index contributed by atoms with van der Waals surface area (Å²) in [6, 6.07) is 20.5. The third kappa shape index (κ3) is 6.48. The zero-order valence-corrected chi connectivity index (χ0v) is 23.0. The van der Waals surface area contributed by atoms with Crippen molar-refractivity contribution < 1.29 is 0 Å². The van der Waals surface area contributed by atoms with E-state index >= 15 is 0 Å². The van der Waals surface area contributed by atoms with Crippen LogP contribution in [-0.2, 0) is 0 Å². The van der Waals surface area contributed by atoms with Gasteiger partial charge in [-0.1, -0.05) is 97.8 Å². The normalized spacial score (nSPS) is 13.5. The van der Waals surface area contributed by atoms with Gasteiger partial charge in [0.05, 0.1) is 22.4 Å². The average Bonchev–Trinajstić information content (AvgIpc) is 3.28. The predicted molar refractivity (Wildman–Crippen MR) is 168 cm³/mol. The first kappa shape index (κ1) is 27.1. The number of nitrogens with zero attached hydrogens (tertiary/aromatic N) is 1. The van der Waals surface area contributed by atoms with E-state index in [2.05, 4.69) is 82.7 Å². The fraction of sp³-hybridized carbons (Fsp3) is 0.176. The highest BCUT2D eigenvalue weighted by atomic mass is 35.5. The minimum atomic E-state index is 0.693. The summed E-state index contributed by atoms with van der Waals surface area (Å²) < 4.78 is 2.23. The van der Waals surface area contributed by atoms with Gasteiger partial charge in [-0.3, -0.25) is 0 Å². The summed E-state index contributed by atoms with van der Waals surface area (Å²) in [7, 11) is 0. The highest BCUT2D eigenvalue weighted by Gasteiger charge is 2.13. The fourth-order valence-corrected chi connectivity index (χ4v) is 4.82. The molecular formula is C34H36ClN3. The molecule has 0 saturated carbocycles. The number of nitrogen functional groups attached to an aromatic ring is 1. The molecule has 0 amide bonds. The second-order valence-corrected chi connectivity index (χ2v) is 9.37. The summed E-state index contributed by atoms with van der Waals surface area (Å²) in [6.45, 7) is 4.00. The monoisotopic (exact) mass is 521 g/mol. The van der Waals surface area contributed by atoms with Crippen LogP contribution in [0.25, 0.3) is 27.5 Å². The number of nitrogens with one attached hydrogen (secondary N) is 1. The first-order valence-corrected chi connectivity index (χ1v) is 13.8. The number of allylic oxidation sites excluding steroid dienone is 9. The molecule has 5 rings (SSSR count). The molecule has 1 aliphatic rings. The molecule has 3 N–H and O–H groups in total. The van der Waals surface area contributed by atoms with Crippen molar-refractivity contribution in [3.63, 3.8) is 0 Å². The van der Waals surface area contributed by atoms with Crippen LogP contribution in [0, 0.1) is 0 Å². The van der Waals surface area contributed by atoms with Crippen molar-refractivity contribution in [2.45, 2.75) is 39.5 Å². The number of hydrogen-bond acceptors (Lipinski definition) is 2. The molecule has 0 fully saturated rings. The smallest absolute Gasteiger partial charge is 0.0634 e.